The molecular weight excluding hydrogens is 298 g/mol. The minimum Gasteiger partial charge on any atom is -0.0906 e. The molecule has 23 heavy (non-hydrogen) atoms. The Balaban J connectivity index is 1.93. The average Bonchev–Trinajstić information content (AvgIpc) is 2.59. The predicted octanol–water partition coefficient (Wildman–Crippen LogP) is 5.30. The molecule has 3 nitrogen and oxygen atoms in total. The van der Waals surface area contributed by atoms with Crippen molar-refractivity contribution < 1.29 is 0 Å². The van der Waals surface area contributed by atoms with Gasteiger partial charge in [0.1, 0.15) is 0 Å². The molecule has 0 bridgehead atoms. The molecule has 0 aliphatic heterocycles. The van der Waals surface area contributed by atoms with Gasteiger partial charge in [0.25, 0.3) is 0 Å². The summed E-state index contributed by atoms with van der Waals surface area (Å²) in [5, 5.41) is 5.51. The lowest BCUT2D eigenvalue weighted by atomic mass is 10.0. The summed E-state index contributed by atoms with van der Waals surface area (Å²) in [5.41, 5.74) is 10.2. The van der Waals surface area contributed by atoms with Gasteiger partial charge in [0.05, 0.1) is 8.07 Å². The fourth-order valence-corrected chi connectivity index (χ4v) is 5.31. The molecule has 0 aromatic heterocycles. The van der Waals surface area contributed by atoms with Crippen LogP contribution < -0.4 is 5.19 Å². The summed E-state index contributed by atoms with van der Waals surface area (Å²) in [6.07, 6.45) is 2.87. The smallest absolute Gasteiger partial charge is 0.0806 e. The molecule has 0 aliphatic carbocycles. The van der Waals surface area contributed by atoms with Crippen molar-refractivity contribution in [2.24, 2.45) is 5.11 Å². The van der Waals surface area contributed by atoms with E-state index < -0.39 is 8.07 Å². The molecule has 1 unspecified atom stereocenters. The molecule has 0 radical (unpaired) electrons. The first-order chi connectivity index (χ1) is 11.1. The van der Waals surface area contributed by atoms with Gasteiger partial charge in [-0.25, -0.2) is 0 Å². The molecule has 2 aromatic carbocycles. The number of aryl methyl sites for hydroxylation is 1. The second-order valence-electron chi connectivity index (χ2n) is 6.67. The van der Waals surface area contributed by atoms with Gasteiger partial charge in [0.2, 0.25) is 0 Å². The van der Waals surface area contributed by atoms with Crippen LogP contribution in [0.1, 0.15) is 18.4 Å². The second kappa shape index (κ2) is 8.56. The van der Waals surface area contributed by atoms with E-state index in [1.165, 1.54) is 10.8 Å². The SMILES string of the molecule is C[Si](C)(CCC(CCc1ccccc1)N=[N+]=[N-])c1ccccc1. The number of benzene rings is 2. The topological polar surface area (TPSA) is 48.8 Å². The van der Waals surface area contributed by atoms with Crippen LogP contribution in [0.25, 0.3) is 10.4 Å². The molecule has 0 amide bonds. The van der Waals surface area contributed by atoms with Gasteiger partial charge in [0, 0.05) is 11.0 Å². The zero-order valence-electron chi connectivity index (χ0n) is 14.0. The average molecular weight is 324 g/mol. The van der Waals surface area contributed by atoms with E-state index in [1.54, 1.807) is 0 Å². The van der Waals surface area contributed by atoms with E-state index in [-0.39, 0.29) is 6.04 Å². The van der Waals surface area contributed by atoms with E-state index in [9.17, 15) is 0 Å². The zero-order chi connectivity index (χ0) is 16.5. The zero-order valence-corrected chi connectivity index (χ0v) is 15.0. The first-order valence-electron chi connectivity index (χ1n) is 8.25. The van der Waals surface area contributed by atoms with Crippen LogP contribution in [0.3, 0.4) is 0 Å². The molecule has 120 valence electrons. The van der Waals surface area contributed by atoms with Gasteiger partial charge < -0.3 is 0 Å². The van der Waals surface area contributed by atoms with Crippen molar-refractivity contribution in [3.63, 3.8) is 0 Å². The normalized spacial score (nSPS) is 12.4. The van der Waals surface area contributed by atoms with Crippen LogP contribution in [0.5, 0.6) is 0 Å². The highest BCUT2D eigenvalue weighted by Crippen LogP contribution is 2.19. The maximum atomic E-state index is 8.85. The summed E-state index contributed by atoms with van der Waals surface area (Å²) < 4.78 is 0. The Hall–Kier alpha value is -2.03. The molecule has 2 rings (SSSR count). The van der Waals surface area contributed by atoms with E-state index in [0.717, 1.165) is 25.3 Å². The van der Waals surface area contributed by atoms with Crippen LogP contribution in [0.15, 0.2) is 65.8 Å². The van der Waals surface area contributed by atoms with Gasteiger partial charge in [0.15, 0.2) is 0 Å². The number of rotatable bonds is 8. The van der Waals surface area contributed by atoms with E-state index in [2.05, 4.69) is 77.7 Å². The predicted molar refractivity (Wildman–Crippen MR) is 101 cm³/mol. The lowest BCUT2D eigenvalue weighted by Gasteiger charge is -2.24. The second-order valence-corrected chi connectivity index (χ2v) is 11.5. The van der Waals surface area contributed by atoms with Crippen LogP contribution in [0.2, 0.25) is 19.1 Å². The van der Waals surface area contributed by atoms with Crippen molar-refractivity contribution >= 4 is 13.3 Å². The number of hydrogen-bond acceptors (Lipinski definition) is 1. The highest BCUT2D eigenvalue weighted by atomic mass is 28.3. The summed E-state index contributed by atoms with van der Waals surface area (Å²) in [6, 6.07) is 22.4. The summed E-state index contributed by atoms with van der Waals surface area (Å²) in [6.45, 7) is 4.79. The minimum absolute atomic E-state index is 0.0932. The van der Waals surface area contributed by atoms with Crippen molar-refractivity contribution in [2.75, 3.05) is 0 Å². The quantitative estimate of drug-likeness (QED) is 0.274. The molecule has 0 spiro atoms. The van der Waals surface area contributed by atoms with Crippen LogP contribution in [-0.2, 0) is 6.42 Å². The monoisotopic (exact) mass is 323 g/mol. The summed E-state index contributed by atoms with van der Waals surface area (Å²) in [4.78, 5) is 3.06. The molecule has 0 aliphatic rings. The van der Waals surface area contributed by atoms with Crippen molar-refractivity contribution in [1.82, 2.24) is 0 Å². The van der Waals surface area contributed by atoms with Crippen molar-refractivity contribution in [1.29, 1.82) is 0 Å². The van der Waals surface area contributed by atoms with Gasteiger partial charge in [-0.2, -0.15) is 0 Å². The van der Waals surface area contributed by atoms with Gasteiger partial charge in [-0.05, 0) is 30.4 Å². The summed E-state index contributed by atoms with van der Waals surface area (Å²) in [5.74, 6) is 0. The molecule has 0 fully saturated rings. The Labute approximate surface area is 140 Å². The van der Waals surface area contributed by atoms with Gasteiger partial charge in [-0.15, -0.1) is 0 Å². The highest BCUT2D eigenvalue weighted by molar-refractivity contribution is 6.89. The van der Waals surface area contributed by atoms with Crippen molar-refractivity contribution in [3.8, 4) is 0 Å². The lowest BCUT2D eigenvalue weighted by molar-refractivity contribution is 0.589. The van der Waals surface area contributed by atoms with Gasteiger partial charge >= 0.3 is 0 Å². The molecule has 1 atom stereocenters. The standard InChI is InChI=1S/C19H25N3Si/c1-23(2,19-11-7-4-8-12-19)16-15-18(21-22-20)14-13-17-9-5-3-6-10-17/h3-12,18H,13-16H2,1-2H3. The molecular formula is C19H25N3Si. The molecule has 0 N–H and O–H groups in total. The van der Waals surface area contributed by atoms with Crippen molar-refractivity contribution in [3.05, 3.63) is 76.7 Å². The Morgan fingerprint density at radius 1 is 0.957 bits per heavy atom. The van der Waals surface area contributed by atoms with Crippen molar-refractivity contribution in [2.45, 2.75) is 44.4 Å². The Morgan fingerprint density at radius 3 is 2.17 bits per heavy atom. The van der Waals surface area contributed by atoms with E-state index in [4.69, 9.17) is 5.53 Å². The number of azide groups is 1. The van der Waals surface area contributed by atoms with Gasteiger partial charge in [-0.1, -0.05) is 90.1 Å². The Morgan fingerprint density at radius 2 is 1.57 bits per heavy atom. The largest absolute Gasteiger partial charge is 0.0906 e. The van der Waals surface area contributed by atoms with E-state index in [1.807, 2.05) is 6.07 Å². The van der Waals surface area contributed by atoms with Crippen LogP contribution in [0, 0.1) is 0 Å². The fraction of sp³-hybridized carbons (Fsp3) is 0.368. The van der Waals surface area contributed by atoms with Gasteiger partial charge in [-0.3, -0.25) is 0 Å². The molecule has 2 aromatic rings. The van der Waals surface area contributed by atoms with Crippen LogP contribution in [0.4, 0.5) is 0 Å². The molecule has 0 saturated carbocycles. The maximum Gasteiger partial charge on any atom is 0.0806 e. The van der Waals surface area contributed by atoms with Crippen LogP contribution >= 0.6 is 0 Å². The molecule has 0 saturated heterocycles. The lowest BCUT2D eigenvalue weighted by Crippen LogP contribution is -2.41. The molecule has 4 heteroatoms. The fourth-order valence-electron chi connectivity index (χ4n) is 2.87. The first-order valence-corrected chi connectivity index (χ1v) is 11.5. The maximum absolute atomic E-state index is 8.85. The Kier molecular flexibility index (Phi) is 6.45. The van der Waals surface area contributed by atoms with Crippen LogP contribution in [-0.4, -0.2) is 14.1 Å². The van der Waals surface area contributed by atoms with E-state index in [0.29, 0.717) is 0 Å². The third-order valence-corrected chi connectivity index (χ3v) is 7.92. The number of nitrogens with zero attached hydrogens (tertiary/aromatic N) is 3. The van der Waals surface area contributed by atoms with E-state index >= 15 is 0 Å². The minimum atomic E-state index is -1.46. The summed E-state index contributed by atoms with van der Waals surface area (Å²) >= 11 is 0. The molecule has 0 heterocycles. The number of hydrogen-bond donors (Lipinski definition) is 0. The Bertz CT molecular complexity index is 634. The third-order valence-electron chi connectivity index (χ3n) is 4.48. The first kappa shape index (κ1) is 17.3. The third kappa shape index (κ3) is 5.59. The summed E-state index contributed by atoms with van der Waals surface area (Å²) in [7, 11) is -1.46. The highest BCUT2D eigenvalue weighted by Gasteiger charge is 2.24.